The van der Waals surface area contributed by atoms with Gasteiger partial charge in [-0.05, 0) is 25.0 Å². The van der Waals surface area contributed by atoms with Gasteiger partial charge in [-0.15, -0.1) is 11.8 Å². The first-order valence-electron chi connectivity index (χ1n) is 5.23. The Balaban J connectivity index is 3.56. The molecule has 86 valence electrons. The van der Waals surface area contributed by atoms with E-state index in [1.54, 1.807) is 11.8 Å². The number of esters is 1. The molecule has 0 saturated heterocycles. The lowest BCUT2D eigenvalue weighted by Gasteiger charge is -2.12. The zero-order chi connectivity index (χ0) is 11.7. The fraction of sp³-hybridized carbons (Fsp3) is 0.818. The van der Waals surface area contributed by atoms with E-state index in [0.29, 0.717) is 18.9 Å². The lowest BCUT2D eigenvalue weighted by Crippen LogP contribution is -2.19. The van der Waals surface area contributed by atoms with Crippen LogP contribution in [0.15, 0.2) is 0 Å². The fourth-order valence-corrected chi connectivity index (χ4v) is 1.71. The predicted octanol–water partition coefficient (Wildman–Crippen LogP) is 2.61. The summed E-state index contributed by atoms with van der Waals surface area (Å²) in [4.78, 5) is 11.4. The summed E-state index contributed by atoms with van der Waals surface area (Å²) >= 11 is 1.55. The summed E-state index contributed by atoms with van der Waals surface area (Å²) < 4.78 is 5.10. The topological polar surface area (TPSA) is 50.1 Å². The van der Waals surface area contributed by atoms with E-state index in [-0.39, 0.29) is 11.2 Å². The number of hydrogen-bond donors (Lipinski definition) is 0. The van der Waals surface area contributed by atoms with Crippen LogP contribution in [0.25, 0.3) is 0 Å². The largest absolute Gasteiger partial charge is 0.465 e. The molecule has 0 heterocycles. The van der Waals surface area contributed by atoms with Gasteiger partial charge in [-0.3, -0.25) is 4.79 Å². The highest BCUT2D eigenvalue weighted by molar-refractivity contribution is 8.00. The minimum absolute atomic E-state index is 0.123. The van der Waals surface area contributed by atoms with Gasteiger partial charge < -0.3 is 4.74 Å². The van der Waals surface area contributed by atoms with Crippen molar-refractivity contribution in [1.82, 2.24) is 0 Å². The Kier molecular flexibility index (Phi) is 8.21. The van der Waals surface area contributed by atoms with Crippen LogP contribution in [0.1, 0.15) is 33.6 Å². The van der Waals surface area contributed by atoms with Gasteiger partial charge in [0.1, 0.15) is 0 Å². The Hall–Kier alpha value is -0.690. The average molecular weight is 229 g/mol. The van der Waals surface area contributed by atoms with E-state index in [9.17, 15) is 4.79 Å². The van der Waals surface area contributed by atoms with Crippen LogP contribution in [-0.2, 0) is 9.53 Å². The van der Waals surface area contributed by atoms with E-state index in [2.05, 4.69) is 6.07 Å². The van der Waals surface area contributed by atoms with Crippen molar-refractivity contribution in [2.45, 2.75) is 38.9 Å². The van der Waals surface area contributed by atoms with Gasteiger partial charge in [-0.1, -0.05) is 13.8 Å². The summed E-state index contributed by atoms with van der Waals surface area (Å²) in [5.41, 5.74) is 0. The van der Waals surface area contributed by atoms with Gasteiger partial charge >= 0.3 is 5.97 Å². The molecule has 0 aromatic carbocycles. The second-order valence-electron chi connectivity index (χ2n) is 3.80. The van der Waals surface area contributed by atoms with Crippen molar-refractivity contribution in [1.29, 1.82) is 5.26 Å². The summed E-state index contributed by atoms with van der Waals surface area (Å²) in [5, 5.41) is 8.21. The zero-order valence-electron chi connectivity index (χ0n) is 9.66. The van der Waals surface area contributed by atoms with Crippen molar-refractivity contribution in [3.63, 3.8) is 0 Å². The van der Waals surface area contributed by atoms with Crippen LogP contribution in [0, 0.1) is 17.2 Å². The van der Waals surface area contributed by atoms with Gasteiger partial charge in [-0.2, -0.15) is 5.26 Å². The number of thioether (sulfide) groups is 1. The number of nitriles is 1. The van der Waals surface area contributed by atoms with E-state index >= 15 is 0 Å². The van der Waals surface area contributed by atoms with Crippen LogP contribution >= 0.6 is 11.8 Å². The number of nitrogens with zero attached hydrogens (tertiary/aromatic N) is 1. The minimum Gasteiger partial charge on any atom is -0.465 e. The number of ether oxygens (including phenoxy) is 1. The summed E-state index contributed by atoms with van der Waals surface area (Å²) in [5.74, 6) is 1.07. The Morgan fingerprint density at radius 3 is 2.67 bits per heavy atom. The highest BCUT2D eigenvalue weighted by Crippen LogP contribution is 2.14. The van der Waals surface area contributed by atoms with Crippen molar-refractivity contribution in [3.05, 3.63) is 0 Å². The molecule has 15 heavy (non-hydrogen) atoms. The molecular formula is C11H19NO2S. The molecule has 0 aromatic rings. The summed E-state index contributed by atoms with van der Waals surface area (Å²) in [6, 6.07) is 2.08. The van der Waals surface area contributed by atoms with Gasteiger partial charge in [0.25, 0.3) is 0 Å². The first-order valence-corrected chi connectivity index (χ1v) is 6.28. The second-order valence-corrected chi connectivity index (χ2v) is 5.25. The van der Waals surface area contributed by atoms with E-state index in [4.69, 9.17) is 10.00 Å². The molecule has 3 nitrogen and oxygen atoms in total. The highest BCUT2D eigenvalue weighted by Gasteiger charge is 2.14. The first-order chi connectivity index (χ1) is 7.07. The van der Waals surface area contributed by atoms with Gasteiger partial charge in [0.2, 0.25) is 0 Å². The van der Waals surface area contributed by atoms with Crippen molar-refractivity contribution in [2.75, 3.05) is 12.4 Å². The Bertz CT molecular complexity index is 223. The smallest absolute Gasteiger partial charge is 0.318 e. The van der Waals surface area contributed by atoms with E-state index < -0.39 is 0 Å². The molecule has 0 N–H and O–H groups in total. The zero-order valence-corrected chi connectivity index (χ0v) is 10.5. The number of unbranched alkanes of at least 4 members (excludes halogenated alkanes) is 1. The van der Waals surface area contributed by atoms with E-state index in [1.807, 2.05) is 20.8 Å². The lowest BCUT2D eigenvalue weighted by molar-refractivity contribution is -0.143. The van der Waals surface area contributed by atoms with Crippen LogP contribution in [0.4, 0.5) is 0 Å². The second kappa shape index (κ2) is 8.60. The third-order valence-electron chi connectivity index (χ3n) is 1.69. The predicted molar refractivity (Wildman–Crippen MR) is 62.6 cm³/mol. The van der Waals surface area contributed by atoms with Gasteiger partial charge in [0, 0.05) is 6.42 Å². The maximum atomic E-state index is 11.4. The maximum Gasteiger partial charge on any atom is 0.318 e. The molecule has 0 spiro atoms. The Morgan fingerprint density at radius 1 is 1.47 bits per heavy atom. The van der Waals surface area contributed by atoms with E-state index in [0.717, 1.165) is 12.2 Å². The molecule has 1 atom stereocenters. The fourth-order valence-electron chi connectivity index (χ4n) is 0.846. The average Bonchev–Trinajstić information content (AvgIpc) is 2.20. The molecule has 4 heteroatoms. The molecule has 0 rings (SSSR count). The molecule has 1 unspecified atom stereocenters. The molecule has 0 radical (unpaired) electrons. The summed E-state index contributed by atoms with van der Waals surface area (Å²) in [6.45, 7) is 6.36. The molecule has 0 fully saturated rings. The number of hydrogen-bond acceptors (Lipinski definition) is 4. The molecule has 0 amide bonds. The van der Waals surface area contributed by atoms with Crippen LogP contribution in [0.5, 0.6) is 0 Å². The first kappa shape index (κ1) is 14.3. The molecule has 0 aliphatic carbocycles. The van der Waals surface area contributed by atoms with Crippen molar-refractivity contribution in [2.24, 2.45) is 5.92 Å². The summed E-state index contributed by atoms with van der Waals surface area (Å²) in [6.07, 6.45) is 1.39. The highest BCUT2D eigenvalue weighted by atomic mass is 32.2. The van der Waals surface area contributed by atoms with Crippen LogP contribution in [-0.4, -0.2) is 23.6 Å². The Morgan fingerprint density at radius 2 is 2.13 bits per heavy atom. The third-order valence-corrected chi connectivity index (χ3v) is 2.91. The van der Waals surface area contributed by atoms with Crippen molar-refractivity contribution in [3.8, 4) is 6.07 Å². The van der Waals surface area contributed by atoms with Gasteiger partial charge in [0.05, 0.1) is 17.9 Å². The quantitative estimate of drug-likeness (QED) is 0.497. The standard InChI is InChI=1S/C11H19NO2S/c1-9(2)8-14-11(13)10(3)15-7-5-4-6-12/h9-10H,4-5,7-8H2,1-3H3. The third kappa shape index (κ3) is 8.31. The molecule has 0 bridgehead atoms. The number of rotatable bonds is 7. The maximum absolute atomic E-state index is 11.4. The van der Waals surface area contributed by atoms with Crippen LogP contribution in [0.2, 0.25) is 0 Å². The molecule has 0 aromatic heterocycles. The van der Waals surface area contributed by atoms with Crippen molar-refractivity contribution >= 4 is 17.7 Å². The molecule has 0 aliphatic rings. The van der Waals surface area contributed by atoms with Crippen molar-refractivity contribution < 1.29 is 9.53 Å². The van der Waals surface area contributed by atoms with Crippen LogP contribution < -0.4 is 0 Å². The minimum atomic E-state index is -0.148. The molecule has 0 saturated carbocycles. The number of carbonyl (C=O) groups excluding carboxylic acids is 1. The Labute approximate surface area is 96.2 Å². The van der Waals surface area contributed by atoms with Gasteiger partial charge in [0.15, 0.2) is 0 Å². The van der Waals surface area contributed by atoms with Gasteiger partial charge in [-0.25, -0.2) is 0 Å². The van der Waals surface area contributed by atoms with Crippen LogP contribution in [0.3, 0.4) is 0 Å². The SMILES string of the molecule is CC(C)COC(=O)C(C)SCCCC#N. The monoisotopic (exact) mass is 229 g/mol. The number of carbonyl (C=O) groups is 1. The summed E-state index contributed by atoms with van der Waals surface area (Å²) in [7, 11) is 0. The molecular weight excluding hydrogens is 210 g/mol. The molecule has 0 aliphatic heterocycles. The van der Waals surface area contributed by atoms with E-state index in [1.165, 1.54) is 0 Å². The lowest BCUT2D eigenvalue weighted by atomic mass is 10.2. The normalized spacial score (nSPS) is 12.2.